The highest BCUT2D eigenvalue weighted by Crippen LogP contribution is 2.37. The Morgan fingerprint density at radius 1 is 0.351 bits per heavy atom. The molecule has 0 saturated heterocycles. The van der Waals surface area contributed by atoms with Gasteiger partial charge in [0.05, 0.1) is 22.1 Å². The summed E-state index contributed by atoms with van der Waals surface area (Å²) < 4.78 is 0. The summed E-state index contributed by atoms with van der Waals surface area (Å²) in [5.74, 6) is 0. The quantitative estimate of drug-likeness (QED) is 0.186. The summed E-state index contributed by atoms with van der Waals surface area (Å²) >= 11 is 0. The van der Waals surface area contributed by atoms with E-state index in [2.05, 4.69) is 121 Å². The van der Waals surface area contributed by atoms with E-state index >= 15 is 0 Å². The van der Waals surface area contributed by atoms with Crippen LogP contribution in [0.2, 0.25) is 0 Å². The largest absolute Gasteiger partial charge is 0.247 e. The molecule has 0 atom stereocenters. The molecule has 0 spiro atoms. The summed E-state index contributed by atoms with van der Waals surface area (Å²) in [6.45, 7) is 0. The van der Waals surface area contributed by atoms with Gasteiger partial charge in [0.1, 0.15) is 0 Å². The third kappa shape index (κ3) is 3.06. The summed E-state index contributed by atoms with van der Waals surface area (Å²) in [6, 6.07) is 43.2. The van der Waals surface area contributed by atoms with Crippen molar-refractivity contribution in [3.05, 3.63) is 132 Å². The van der Waals surface area contributed by atoms with Gasteiger partial charge in [0.2, 0.25) is 0 Å². The zero-order chi connectivity index (χ0) is 24.3. The van der Waals surface area contributed by atoms with Gasteiger partial charge in [-0.15, -0.1) is 0 Å². The van der Waals surface area contributed by atoms with Gasteiger partial charge in [0, 0.05) is 38.7 Å². The van der Waals surface area contributed by atoms with Crippen LogP contribution in [0, 0.1) is 0 Å². The highest BCUT2D eigenvalue weighted by molar-refractivity contribution is 6.13. The lowest BCUT2D eigenvalue weighted by Crippen LogP contribution is -1.99. The van der Waals surface area contributed by atoms with Crippen molar-refractivity contribution in [1.29, 1.82) is 0 Å². The molecule has 0 fully saturated rings. The van der Waals surface area contributed by atoms with Crippen LogP contribution in [0.25, 0.3) is 65.2 Å². The number of benzene rings is 6. The van der Waals surface area contributed by atoms with Crippen molar-refractivity contribution in [2.45, 2.75) is 6.42 Å². The van der Waals surface area contributed by atoms with Crippen LogP contribution in [0.1, 0.15) is 11.1 Å². The van der Waals surface area contributed by atoms with Gasteiger partial charge < -0.3 is 0 Å². The van der Waals surface area contributed by atoms with E-state index in [1.54, 1.807) is 0 Å². The van der Waals surface area contributed by atoms with E-state index in [4.69, 9.17) is 9.97 Å². The minimum Gasteiger partial charge on any atom is -0.247 e. The molecule has 0 bridgehead atoms. The Hall–Kier alpha value is -4.82. The molecule has 0 aliphatic carbocycles. The number of para-hydroxylation sites is 2. The van der Waals surface area contributed by atoms with Gasteiger partial charge in [0.25, 0.3) is 0 Å². The number of rotatable bonds is 2. The number of hydrogen-bond donors (Lipinski definition) is 0. The van der Waals surface area contributed by atoms with Crippen LogP contribution in [0.15, 0.2) is 121 Å². The molecule has 2 heterocycles. The average molecular weight is 471 g/mol. The Kier molecular flexibility index (Phi) is 4.32. The molecule has 0 N–H and O–H groups in total. The Morgan fingerprint density at radius 3 is 1.24 bits per heavy atom. The van der Waals surface area contributed by atoms with Gasteiger partial charge in [-0.05, 0) is 34.0 Å². The molecule has 0 aliphatic rings. The minimum atomic E-state index is 0.801. The van der Waals surface area contributed by atoms with E-state index in [1.807, 2.05) is 0 Å². The predicted molar refractivity (Wildman–Crippen MR) is 156 cm³/mol. The van der Waals surface area contributed by atoms with E-state index in [0.717, 1.165) is 28.5 Å². The lowest BCUT2D eigenvalue weighted by Gasteiger charge is -2.16. The molecule has 2 nitrogen and oxygen atoms in total. The highest BCUT2D eigenvalue weighted by atomic mass is 14.7. The molecule has 2 heteroatoms. The minimum absolute atomic E-state index is 0.801. The smallest absolute Gasteiger partial charge is 0.0790 e. The maximum atomic E-state index is 5.16. The zero-order valence-corrected chi connectivity index (χ0v) is 20.1. The first kappa shape index (κ1) is 20.4. The predicted octanol–water partition coefficient (Wildman–Crippen LogP) is 8.99. The fraction of sp³-hybridized carbons (Fsp3) is 0.0286. The first-order valence-corrected chi connectivity index (χ1v) is 12.7. The number of aromatic nitrogens is 2. The molecule has 8 aromatic rings. The molecule has 0 amide bonds. The van der Waals surface area contributed by atoms with E-state index < -0.39 is 0 Å². The van der Waals surface area contributed by atoms with E-state index in [9.17, 15) is 0 Å². The lowest BCUT2D eigenvalue weighted by atomic mass is 9.90. The molecule has 172 valence electrons. The van der Waals surface area contributed by atoms with Crippen LogP contribution in [-0.2, 0) is 6.42 Å². The summed E-state index contributed by atoms with van der Waals surface area (Å²) in [5, 5.41) is 9.68. The number of fused-ring (bicyclic) bond motifs is 8. The second-order valence-corrected chi connectivity index (χ2v) is 9.76. The van der Waals surface area contributed by atoms with Crippen LogP contribution >= 0.6 is 0 Å². The third-order valence-corrected chi connectivity index (χ3v) is 7.73. The van der Waals surface area contributed by atoms with Crippen molar-refractivity contribution in [3.63, 3.8) is 0 Å². The van der Waals surface area contributed by atoms with Crippen LogP contribution in [-0.4, -0.2) is 9.97 Å². The van der Waals surface area contributed by atoms with Crippen LogP contribution in [0.3, 0.4) is 0 Å². The summed E-state index contributed by atoms with van der Waals surface area (Å²) in [6.07, 6.45) is 0.801. The van der Waals surface area contributed by atoms with Crippen LogP contribution < -0.4 is 0 Å². The molecule has 0 saturated carbocycles. The molecule has 8 rings (SSSR count). The fourth-order valence-corrected chi connectivity index (χ4v) is 5.98. The first-order chi connectivity index (χ1) is 18.3. The maximum absolute atomic E-state index is 5.16. The Labute approximate surface area is 213 Å². The Morgan fingerprint density at radius 2 is 0.757 bits per heavy atom. The van der Waals surface area contributed by atoms with Gasteiger partial charge in [-0.25, -0.2) is 9.97 Å². The van der Waals surface area contributed by atoms with Gasteiger partial charge >= 0.3 is 0 Å². The summed E-state index contributed by atoms with van der Waals surface area (Å²) in [4.78, 5) is 10.3. The van der Waals surface area contributed by atoms with Crippen molar-refractivity contribution in [3.8, 4) is 0 Å². The average Bonchev–Trinajstić information content (AvgIpc) is 2.96. The van der Waals surface area contributed by atoms with Crippen LogP contribution in [0.5, 0.6) is 0 Å². The number of hydrogen-bond acceptors (Lipinski definition) is 2. The normalized spacial score (nSPS) is 11.9. The molecule has 0 radical (unpaired) electrons. The number of pyridine rings is 2. The van der Waals surface area contributed by atoms with Gasteiger partial charge in [-0.1, -0.05) is 109 Å². The first-order valence-electron chi connectivity index (χ1n) is 12.7. The monoisotopic (exact) mass is 470 g/mol. The molecule has 6 aromatic carbocycles. The van der Waals surface area contributed by atoms with E-state index in [0.29, 0.717) is 0 Å². The molecule has 2 aromatic heterocycles. The van der Waals surface area contributed by atoms with Crippen molar-refractivity contribution in [2.75, 3.05) is 0 Å². The Balaban J connectivity index is 1.51. The summed E-state index contributed by atoms with van der Waals surface area (Å²) in [7, 11) is 0. The molecule has 0 aliphatic heterocycles. The van der Waals surface area contributed by atoms with Gasteiger partial charge in [-0.3, -0.25) is 0 Å². The highest BCUT2D eigenvalue weighted by Gasteiger charge is 2.17. The van der Waals surface area contributed by atoms with Crippen molar-refractivity contribution in [2.24, 2.45) is 0 Å². The van der Waals surface area contributed by atoms with E-state index in [1.165, 1.54) is 54.2 Å². The SMILES string of the molecule is c1ccc2c(c1)ccc1c(Cc3c4ccccc4nc4c3ccc3ccccc34)c3ccccc3nc12. The Bertz CT molecular complexity index is 2020. The van der Waals surface area contributed by atoms with Gasteiger partial charge in [-0.2, -0.15) is 0 Å². The third-order valence-electron chi connectivity index (χ3n) is 7.73. The van der Waals surface area contributed by atoms with Crippen molar-refractivity contribution < 1.29 is 0 Å². The van der Waals surface area contributed by atoms with E-state index in [-0.39, 0.29) is 0 Å². The van der Waals surface area contributed by atoms with Crippen molar-refractivity contribution in [1.82, 2.24) is 9.97 Å². The molecule has 0 unspecified atom stereocenters. The second kappa shape index (κ2) is 7.84. The standard InChI is InChI=1S/C35H22N2/c1-3-11-24-22(9-1)17-19-28-30(26-13-5-7-15-32(26)36-34(24)28)21-31-27-14-6-8-16-33(27)37-35-25-12-4-2-10-23(25)18-20-29(31)35/h1-20H,21H2. The lowest BCUT2D eigenvalue weighted by molar-refractivity contribution is 1.26. The maximum Gasteiger partial charge on any atom is 0.0790 e. The fourth-order valence-electron chi connectivity index (χ4n) is 5.98. The van der Waals surface area contributed by atoms with Gasteiger partial charge in [0.15, 0.2) is 0 Å². The number of nitrogens with zero attached hydrogens (tertiary/aromatic N) is 2. The molecular weight excluding hydrogens is 448 g/mol. The molecule has 37 heavy (non-hydrogen) atoms. The summed E-state index contributed by atoms with van der Waals surface area (Å²) in [5.41, 5.74) is 6.85. The second-order valence-electron chi connectivity index (χ2n) is 9.76. The molecular formula is C35H22N2. The van der Waals surface area contributed by atoms with Crippen molar-refractivity contribution >= 4 is 65.2 Å². The van der Waals surface area contributed by atoms with Crippen LogP contribution in [0.4, 0.5) is 0 Å². The topological polar surface area (TPSA) is 25.8 Å². The zero-order valence-electron chi connectivity index (χ0n) is 20.1.